The Hall–Kier alpha value is -2.21. The van der Waals surface area contributed by atoms with Gasteiger partial charge >= 0.3 is 0 Å². The zero-order chi connectivity index (χ0) is 16.9. The van der Waals surface area contributed by atoms with Crippen LogP contribution in [0.1, 0.15) is 47.6 Å². The fraction of sp³-hybridized carbons (Fsp3) is 0.500. The molecule has 6 nitrogen and oxygen atoms in total. The van der Waals surface area contributed by atoms with Gasteiger partial charge in [0.05, 0.1) is 24.0 Å². The molecule has 1 aliphatic rings. The molecule has 0 aliphatic carbocycles. The van der Waals surface area contributed by atoms with Crippen molar-refractivity contribution in [3.8, 4) is 0 Å². The van der Waals surface area contributed by atoms with Crippen LogP contribution in [0.3, 0.4) is 0 Å². The number of hydrogen-bond donors (Lipinski definition) is 0. The van der Waals surface area contributed by atoms with E-state index in [2.05, 4.69) is 9.97 Å². The second-order valence-electron chi connectivity index (χ2n) is 6.02. The smallest absolute Gasteiger partial charge is 0.292 e. The number of nitrogens with zero attached hydrogens (tertiary/aromatic N) is 3. The van der Waals surface area contributed by atoms with E-state index in [0.717, 1.165) is 25.1 Å². The summed E-state index contributed by atoms with van der Waals surface area (Å²) in [5.74, 6) is 0.757. The second kappa shape index (κ2) is 7.57. The van der Waals surface area contributed by atoms with Crippen LogP contribution in [0.5, 0.6) is 0 Å². The number of aromatic nitrogens is 2. The molecule has 24 heavy (non-hydrogen) atoms. The molecule has 1 fully saturated rings. The van der Waals surface area contributed by atoms with Gasteiger partial charge in [-0.05, 0) is 31.9 Å². The Balaban J connectivity index is 1.81. The Morgan fingerprint density at radius 1 is 1.42 bits per heavy atom. The van der Waals surface area contributed by atoms with Crippen LogP contribution in [-0.2, 0) is 17.7 Å². The maximum absolute atomic E-state index is 13.0. The number of carbonyl (C=O) groups is 1. The van der Waals surface area contributed by atoms with Crippen LogP contribution in [0.4, 0.5) is 0 Å². The van der Waals surface area contributed by atoms with Crippen molar-refractivity contribution in [1.29, 1.82) is 0 Å². The van der Waals surface area contributed by atoms with E-state index < -0.39 is 0 Å². The number of rotatable bonds is 6. The van der Waals surface area contributed by atoms with Gasteiger partial charge in [-0.15, -0.1) is 0 Å². The van der Waals surface area contributed by atoms with Crippen LogP contribution in [0.25, 0.3) is 0 Å². The van der Waals surface area contributed by atoms with Crippen LogP contribution in [0.2, 0.25) is 0 Å². The van der Waals surface area contributed by atoms with Gasteiger partial charge in [0.15, 0.2) is 5.89 Å². The highest BCUT2D eigenvalue weighted by molar-refractivity contribution is 5.92. The lowest BCUT2D eigenvalue weighted by Crippen LogP contribution is -2.37. The predicted octanol–water partition coefficient (Wildman–Crippen LogP) is 2.76. The summed E-state index contributed by atoms with van der Waals surface area (Å²) >= 11 is 0. The maximum Gasteiger partial charge on any atom is 0.292 e. The maximum atomic E-state index is 13.0. The average Bonchev–Trinajstić information content (AvgIpc) is 3.24. The minimum atomic E-state index is -0.152. The first-order valence-corrected chi connectivity index (χ1v) is 8.44. The third-order valence-corrected chi connectivity index (χ3v) is 4.15. The molecule has 3 heterocycles. The lowest BCUT2D eigenvalue weighted by atomic mass is 10.2. The van der Waals surface area contributed by atoms with Gasteiger partial charge in [-0.2, -0.15) is 0 Å². The third-order valence-electron chi connectivity index (χ3n) is 4.15. The number of aryl methyl sites for hydroxylation is 2. The summed E-state index contributed by atoms with van der Waals surface area (Å²) in [5.41, 5.74) is 1.48. The monoisotopic (exact) mass is 329 g/mol. The molecule has 2 aromatic rings. The standard InChI is InChI=1S/C18H23N3O3/c1-3-16-20-13(2)17(24-16)18(22)21(12-15-8-6-10-23-15)11-14-7-4-5-9-19-14/h4-5,7,9,15H,3,6,8,10-12H2,1-2H3. The Morgan fingerprint density at radius 2 is 2.29 bits per heavy atom. The quantitative estimate of drug-likeness (QED) is 0.815. The highest BCUT2D eigenvalue weighted by Crippen LogP contribution is 2.19. The van der Waals surface area contributed by atoms with E-state index in [1.807, 2.05) is 25.1 Å². The van der Waals surface area contributed by atoms with E-state index in [0.29, 0.717) is 36.9 Å². The first kappa shape index (κ1) is 16.6. The number of amides is 1. The molecule has 1 unspecified atom stereocenters. The molecule has 2 aromatic heterocycles. The molecule has 1 amide bonds. The van der Waals surface area contributed by atoms with Gasteiger partial charge in [-0.25, -0.2) is 4.98 Å². The largest absolute Gasteiger partial charge is 0.435 e. The summed E-state index contributed by atoms with van der Waals surface area (Å²) in [6.45, 7) is 5.49. The van der Waals surface area contributed by atoms with E-state index in [1.54, 1.807) is 18.0 Å². The van der Waals surface area contributed by atoms with Crippen LogP contribution in [0.15, 0.2) is 28.8 Å². The van der Waals surface area contributed by atoms with Gasteiger partial charge in [0.25, 0.3) is 5.91 Å². The van der Waals surface area contributed by atoms with Crippen molar-refractivity contribution in [2.45, 2.75) is 45.8 Å². The first-order chi connectivity index (χ1) is 11.7. The Labute approximate surface area is 141 Å². The molecule has 3 rings (SSSR count). The zero-order valence-corrected chi connectivity index (χ0v) is 14.2. The average molecular weight is 329 g/mol. The van der Waals surface area contributed by atoms with E-state index in [4.69, 9.17) is 9.15 Å². The molecule has 1 aliphatic heterocycles. The SMILES string of the molecule is CCc1nc(C)c(C(=O)N(Cc2ccccn2)CC2CCCO2)o1. The van der Waals surface area contributed by atoms with Crippen molar-refractivity contribution in [1.82, 2.24) is 14.9 Å². The summed E-state index contributed by atoms with van der Waals surface area (Å²) in [5, 5.41) is 0. The van der Waals surface area contributed by atoms with Crippen molar-refractivity contribution < 1.29 is 13.9 Å². The summed E-state index contributed by atoms with van der Waals surface area (Å²) < 4.78 is 11.3. The lowest BCUT2D eigenvalue weighted by molar-refractivity contribution is 0.0479. The molecular weight excluding hydrogens is 306 g/mol. The topological polar surface area (TPSA) is 68.5 Å². The number of hydrogen-bond acceptors (Lipinski definition) is 5. The van der Waals surface area contributed by atoms with Crippen LogP contribution in [0, 0.1) is 6.92 Å². The van der Waals surface area contributed by atoms with Crippen LogP contribution < -0.4 is 0 Å². The van der Waals surface area contributed by atoms with Crippen LogP contribution >= 0.6 is 0 Å². The normalized spacial score (nSPS) is 17.2. The highest BCUT2D eigenvalue weighted by atomic mass is 16.5. The van der Waals surface area contributed by atoms with Crippen molar-refractivity contribution in [2.24, 2.45) is 0 Å². The Morgan fingerprint density at radius 3 is 2.92 bits per heavy atom. The van der Waals surface area contributed by atoms with E-state index in [1.165, 1.54) is 0 Å². The third kappa shape index (κ3) is 3.82. The molecule has 0 spiro atoms. The fourth-order valence-electron chi connectivity index (χ4n) is 2.89. The predicted molar refractivity (Wildman–Crippen MR) is 88.6 cm³/mol. The van der Waals surface area contributed by atoms with Crippen molar-refractivity contribution in [3.63, 3.8) is 0 Å². The van der Waals surface area contributed by atoms with Gasteiger partial charge < -0.3 is 14.1 Å². The molecule has 128 valence electrons. The van der Waals surface area contributed by atoms with Crippen LogP contribution in [-0.4, -0.2) is 40.0 Å². The van der Waals surface area contributed by atoms with Gasteiger partial charge in [0.2, 0.25) is 5.76 Å². The Kier molecular flexibility index (Phi) is 5.25. The summed E-state index contributed by atoms with van der Waals surface area (Å²) in [4.78, 5) is 23.4. The van der Waals surface area contributed by atoms with Crippen molar-refractivity contribution in [2.75, 3.05) is 13.2 Å². The molecule has 1 atom stereocenters. The fourth-order valence-corrected chi connectivity index (χ4v) is 2.89. The summed E-state index contributed by atoms with van der Waals surface area (Å²) in [6.07, 6.45) is 4.49. The van der Waals surface area contributed by atoms with E-state index in [-0.39, 0.29) is 12.0 Å². The zero-order valence-electron chi connectivity index (χ0n) is 14.2. The minimum absolute atomic E-state index is 0.0755. The Bertz CT molecular complexity index is 678. The number of pyridine rings is 1. The molecule has 0 bridgehead atoms. The van der Waals surface area contributed by atoms with Gasteiger partial charge in [-0.3, -0.25) is 9.78 Å². The highest BCUT2D eigenvalue weighted by Gasteiger charge is 2.27. The van der Waals surface area contributed by atoms with Gasteiger partial charge in [0, 0.05) is 25.8 Å². The first-order valence-electron chi connectivity index (χ1n) is 8.44. The van der Waals surface area contributed by atoms with E-state index >= 15 is 0 Å². The summed E-state index contributed by atoms with van der Waals surface area (Å²) in [7, 11) is 0. The minimum Gasteiger partial charge on any atom is -0.435 e. The molecule has 0 N–H and O–H groups in total. The summed E-state index contributed by atoms with van der Waals surface area (Å²) in [6, 6.07) is 5.70. The van der Waals surface area contributed by atoms with Crippen molar-refractivity contribution >= 4 is 5.91 Å². The second-order valence-corrected chi connectivity index (χ2v) is 6.02. The molecule has 0 aromatic carbocycles. The molecular formula is C18H23N3O3. The number of ether oxygens (including phenoxy) is 1. The number of carbonyl (C=O) groups excluding carboxylic acids is 1. The lowest BCUT2D eigenvalue weighted by Gasteiger charge is -2.24. The molecule has 1 saturated heterocycles. The molecule has 0 radical (unpaired) electrons. The van der Waals surface area contributed by atoms with Gasteiger partial charge in [0.1, 0.15) is 0 Å². The molecule has 0 saturated carbocycles. The number of oxazole rings is 1. The van der Waals surface area contributed by atoms with Crippen molar-refractivity contribution in [3.05, 3.63) is 47.4 Å². The van der Waals surface area contributed by atoms with E-state index in [9.17, 15) is 4.79 Å². The molecule has 6 heteroatoms. The van der Waals surface area contributed by atoms with Gasteiger partial charge in [-0.1, -0.05) is 13.0 Å².